The molecule has 1 aromatic rings. The Kier molecular flexibility index (Phi) is 5.23. The van der Waals surface area contributed by atoms with Gasteiger partial charge in [-0.25, -0.2) is 4.98 Å². The quantitative estimate of drug-likeness (QED) is 0.777. The fourth-order valence-electron chi connectivity index (χ4n) is 2.04. The summed E-state index contributed by atoms with van der Waals surface area (Å²) in [6.45, 7) is 9.14. The molecule has 6 heteroatoms. The Morgan fingerprint density at radius 2 is 2.05 bits per heavy atom. The van der Waals surface area contributed by atoms with Gasteiger partial charge in [0, 0.05) is 11.7 Å². The summed E-state index contributed by atoms with van der Waals surface area (Å²) in [5.41, 5.74) is 1.03. The molecule has 1 aromatic heterocycles. The molecule has 1 rings (SSSR count). The molecule has 0 saturated carbocycles. The minimum atomic E-state index is -0.477. The van der Waals surface area contributed by atoms with Gasteiger partial charge in [-0.3, -0.25) is 14.9 Å². The summed E-state index contributed by atoms with van der Waals surface area (Å²) >= 11 is 0. The highest BCUT2D eigenvalue weighted by Gasteiger charge is 2.20. The summed E-state index contributed by atoms with van der Waals surface area (Å²) in [6.07, 6.45) is 0. The Labute approximate surface area is 112 Å². The summed E-state index contributed by atoms with van der Waals surface area (Å²) in [5, 5.41) is 3.05. The number of aryl methyl sites for hydroxylation is 2. The van der Waals surface area contributed by atoms with Crippen molar-refractivity contribution in [1.29, 1.82) is 0 Å². The van der Waals surface area contributed by atoms with Gasteiger partial charge in [-0.1, -0.05) is 0 Å². The molecule has 1 heterocycles. The molecule has 0 saturated heterocycles. The zero-order valence-electron chi connectivity index (χ0n) is 12.0. The van der Waals surface area contributed by atoms with Crippen molar-refractivity contribution >= 4 is 5.97 Å². The van der Waals surface area contributed by atoms with Gasteiger partial charge >= 0.3 is 5.97 Å². The number of rotatable bonds is 5. The van der Waals surface area contributed by atoms with Gasteiger partial charge in [0.15, 0.2) is 0 Å². The molecule has 0 amide bonds. The van der Waals surface area contributed by atoms with Crippen LogP contribution in [0.15, 0.2) is 4.79 Å². The maximum absolute atomic E-state index is 11.9. The molecule has 19 heavy (non-hydrogen) atoms. The molecule has 2 atom stereocenters. The maximum atomic E-state index is 11.9. The number of H-pyrrole nitrogens is 1. The largest absolute Gasteiger partial charge is 0.465 e. The molecule has 106 valence electrons. The SMILES string of the molecule is CCOC(=O)C(C)NC(C)c1c(C)nc(C)[nH]c1=O. The number of carbonyl (C=O) groups excluding carboxylic acids is 1. The van der Waals surface area contributed by atoms with E-state index in [4.69, 9.17) is 4.74 Å². The van der Waals surface area contributed by atoms with E-state index in [9.17, 15) is 9.59 Å². The van der Waals surface area contributed by atoms with Gasteiger partial charge in [0.2, 0.25) is 0 Å². The van der Waals surface area contributed by atoms with E-state index in [-0.39, 0.29) is 17.6 Å². The van der Waals surface area contributed by atoms with E-state index in [0.717, 1.165) is 0 Å². The van der Waals surface area contributed by atoms with E-state index in [2.05, 4.69) is 15.3 Å². The van der Waals surface area contributed by atoms with Crippen molar-refractivity contribution < 1.29 is 9.53 Å². The molecule has 0 aliphatic heterocycles. The molecule has 0 radical (unpaired) electrons. The van der Waals surface area contributed by atoms with Crippen LogP contribution in [-0.2, 0) is 9.53 Å². The molecule has 2 N–H and O–H groups in total. The third-order valence-corrected chi connectivity index (χ3v) is 2.84. The molecule has 0 fully saturated rings. The normalized spacial score (nSPS) is 13.9. The standard InChI is InChI=1S/C13H21N3O3/c1-6-19-13(18)9(4)14-7(2)11-8(3)15-10(5)16-12(11)17/h7,9,14H,6H2,1-5H3,(H,15,16,17). The zero-order valence-corrected chi connectivity index (χ0v) is 12.0. The lowest BCUT2D eigenvalue weighted by Gasteiger charge is -2.19. The number of carbonyl (C=O) groups is 1. The van der Waals surface area contributed by atoms with Crippen LogP contribution in [0.25, 0.3) is 0 Å². The first-order valence-corrected chi connectivity index (χ1v) is 6.36. The Bertz CT molecular complexity index is 510. The van der Waals surface area contributed by atoms with Crippen LogP contribution in [0.3, 0.4) is 0 Å². The molecule has 0 aliphatic rings. The minimum Gasteiger partial charge on any atom is -0.465 e. The molecule has 0 aliphatic carbocycles. The molecule has 6 nitrogen and oxygen atoms in total. The van der Waals surface area contributed by atoms with E-state index in [1.807, 2.05) is 6.92 Å². The number of nitrogens with zero attached hydrogens (tertiary/aromatic N) is 1. The fourth-order valence-corrected chi connectivity index (χ4v) is 2.04. The molecule has 0 aromatic carbocycles. The maximum Gasteiger partial charge on any atom is 0.322 e. The Hall–Kier alpha value is -1.69. The first-order valence-electron chi connectivity index (χ1n) is 6.36. The van der Waals surface area contributed by atoms with Gasteiger partial charge in [0.1, 0.15) is 11.9 Å². The summed E-state index contributed by atoms with van der Waals surface area (Å²) in [6, 6.07) is -0.758. The Morgan fingerprint density at radius 3 is 2.58 bits per heavy atom. The molecular weight excluding hydrogens is 246 g/mol. The van der Waals surface area contributed by atoms with Crippen LogP contribution in [0, 0.1) is 13.8 Å². The van der Waals surface area contributed by atoms with Crippen molar-refractivity contribution in [3.8, 4) is 0 Å². The van der Waals surface area contributed by atoms with Gasteiger partial charge in [0.25, 0.3) is 5.56 Å². The second kappa shape index (κ2) is 6.47. The summed E-state index contributed by atoms with van der Waals surface area (Å²) in [4.78, 5) is 30.4. The first-order chi connectivity index (χ1) is 8.86. The highest BCUT2D eigenvalue weighted by molar-refractivity contribution is 5.75. The number of hydrogen-bond acceptors (Lipinski definition) is 5. The monoisotopic (exact) mass is 267 g/mol. The number of esters is 1. The molecular formula is C13H21N3O3. The smallest absolute Gasteiger partial charge is 0.322 e. The molecule has 0 spiro atoms. The lowest BCUT2D eigenvalue weighted by Crippen LogP contribution is -2.39. The number of aromatic nitrogens is 2. The van der Waals surface area contributed by atoms with Gasteiger partial charge in [-0.05, 0) is 34.6 Å². The van der Waals surface area contributed by atoms with Crippen LogP contribution >= 0.6 is 0 Å². The van der Waals surface area contributed by atoms with E-state index < -0.39 is 6.04 Å². The van der Waals surface area contributed by atoms with Gasteiger partial charge in [0.05, 0.1) is 12.2 Å². The van der Waals surface area contributed by atoms with Crippen molar-refractivity contribution in [2.24, 2.45) is 0 Å². The first kappa shape index (κ1) is 15.4. The minimum absolute atomic E-state index is 0.180. The van der Waals surface area contributed by atoms with Crippen LogP contribution < -0.4 is 10.9 Å². The summed E-state index contributed by atoms with van der Waals surface area (Å²) in [7, 11) is 0. The zero-order chi connectivity index (χ0) is 14.6. The van der Waals surface area contributed by atoms with Crippen LogP contribution in [0.4, 0.5) is 0 Å². The highest BCUT2D eigenvalue weighted by Crippen LogP contribution is 2.11. The van der Waals surface area contributed by atoms with Crippen molar-refractivity contribution in [1.82, 2.24) is 15.3 Å². The fraction of sp³-hybridized carbons (Fsp3) is 0.615. The average Bonchev–Trinajstić information content (AvgIpc) is 2.27. The third-order valence-electron chi connectivity index (χ3n) is 2.84. The highest BCUT2D eigenvalue weighted by atomic mass is 16.5. The molecule has 2 unspecified atom stereocenters. The Morgan fingerprint density at radius 1 is 1.42 bits per heavy atom. The van der Waals surface area contributed by atoms with Crippen molar-refractivity contribution in [3.63, 3.8) is 0 Å². The van der Waals surface area contributed by atoms with Crippen molar-refractivity contribution in [2.75, 3.05) is 6.61 Å². The second-order valence-corrected chi connectivity index (χ2v) is 4.51. The lowest BCUT2D eigenvalue weighted by molar-refractivity contribution is -0.145. The number of aromatic amines is 1. The van der Waals surface area contributed by atoms with Gasteiger partial charge in [-0.15, -0.1) is 0 Å². The summed E-state index contributed by atoms with van der Waals surface area (Å²) in [5.74, 6) is 0.250. The Balaban J connectivity index is 2.87. The topological polar surface area (TPSA) is 84.1 Å². The van der Waals surface area contributed by atoms with Gasteiger partial charge < -0.3 is 9.72 Å². The van der Waals surface area contributed by atoms with Crippen LogP contribution in [0.2, 0.25) is 0 Å². The predicted octanol–water partition coefficient (Wildman–Crippen LogP) is 0.989. The van der Waals surface area contributed by atoms with Crippen molar-refractivity contribution in [2.45, 2.75) is 46.7 Å². The van der Waals surface area contributed by atoms with Crippen LogP contribution in [-0.4, -0.2) is 28.6 Å². The predicted molar refractivity (Wildman–Crippen MR) is 72.0 cm³/mol. The van der Waals surface area contributed by atoms with Crippen LogP contribution in [0.1, 0.15) is 43.9 Å². The van der Waals surface area contributed by atoms with E-state index in [1.165, 1.54) is 0 Å². The van der Waals surface area contributed by atoms with E-state index in [0.29, 0.717) is 23.7 Å². The van der Waals surface area contributed by atoms with Crippen molar-refractivity contribution in [3.05, 3.63) is 27.4 Å². The number of ether oxygens (including phenoxy) is 1. The van der Waals surface area contributed by atoms with E-state index >= 15 is 0 Å². The third kappa shape index (κ3) is 3.89. The van der Waals surface area contributed by atoms with Crippen LogP contribution in [0.5, 0.6) is 0 Å². The number of nitrogens with one attached hydrogen (secondary N) is 2. The van der Waals surface area contributed by atoms with Gasteiger partial charge in [-0.2, -0.15) is 0 Å². The second-order valence-electron chi connectivity index (χ2n) is 4.51. The van der Waals surface area contributed by atoms with E-state index in [1.54, 1.807) is 27.7 Å². The molecule has 0 bridgehead atoms. The average molecular weight is 267 g/mol. The number of hydrogen-bond donors (Lipinski definition) is 2. The lowest BCUT2D eigenvalue weighted by atomic mass is 10.1. The summed E-state index contributed by atoms with van der Waals surface area (Å²) < 4.78 is 4.92.